The van der Waals surface area contributed by atoms with Crippen LogP contribution in [0.15, 0.2) is 36.5 Å². The highest BCUT2D eigenvalue weighted by atomic mass is 16.6. The van der Waals surface area contributed by atoms with Gasteiger partial charge in [-0.1, -0.05) is 192 Å². The van der Waals surface area contributed by atoms with Crippen molar-refractivity contribution < 1.29 is 23.8 Å². The van der Waals surface area contributed by atoms with Gasteiger partial charge in [0.25, 0.3) is 0 Å². The molecule has 5 nitrogen and oxygen atoms in total. The average molecular weight is 787 g/mol. The molecule has 0 N–H and O–H groups in total. The van der Waals surface area contributed by atoms with Crippen LogP contribution in [-0.2, 0) is 23.8 Å². The molecule has 56 heavy (non-hydrogen) atoms. The molecule has 0 saturated heterocycles. The number of carbonyl (C=O) groups excluding carboxylic acids is 2. The first-order valence-electron chi connectivity index (χ1n) is 24.5. The minimum Gasteiger partial charge on any atom is -0.462 e. The van der Waals surface area contributed by atoms with Crippen molar-refractivity contribution in [2.45, 2.75) is 258 Å². The van der Waals surface area contributed by atoms with E-state index in [0.29, 0.717) is 19.4 Å². The van der Waals surface area contributed by atoms with E-state index >= 15 is 0 Å². The number of carbonyl (C=O) groups is 2. The second kappa shape index (κ2) is 47.5. The van der Waals surface area contributed by atoms with Crippen LogP contribution in [0.1, 0.15) is 252 Å². The standard InChI is InChI=1S/C51H94O5/c1-4-7-10-13-16-19-22-23-24-25-26-27-28-31-34-37-40-43-46-54-47-49(56-51(53)45-42-39-36-33-30-21-18-15-12-9-6-3)48-55-50(52)44-41-38-35-32-29-20-17-14-11-8-5-2/h14-15,17-18,23-24,49H,4-13,16,19-22,25-48H2,1-3H3/b17-14-,18-15-,24-23-. The fourth-order valence-corrected chi connectivity index (χ4v) is 6.88. The molecular formula is C51H94O5. The predicted octanol–water partition coefficient (Wildman–Crippen LogP) is 16.2. The van der Waals surface area contributed by atoms with Gasteiger partial charge >= 0.3 is 11.9 Å². The summed E-state index contributed by atoms with van der Waals surface area (Å²) in [7, 11) is 0. The molecule has 0 spiro atoms. The highest BCUT2D eigenvalue weighted by molar-refractivity contribution is 5.70. The van der Waals surface area contributed by atoms with Crippen LogP contribution in [0.5, 0.6) is 0 Å². The zero-order valence-electron chi connectivity index (χ0n) is 37.7. The van der Waals surface area contributed by atoms with Gasteiger partial charge in [0, 0.05) is 19.4 Å². The Hall–Kier alpha value is -1.88. The summed E-state index contributed by atoms with van der Waals surface area (Å²) in [5.41, 5.74) is 0. The molecule has 0 radical (unpaired) electrons. The molecule has 0 saturated carbocycles. The van der Waals surface area contributed by atoms with E-state index in [9.17, 15) is 9.59 Å². The van der Waals surface area contributed by atoms with Gasteiger partial charge in [-0.05, 0) is 83.5 Å². The third-order valence-electron chi connectivity index (χ3n) is 10.6. The number of esters is 2. The molecule has 0 aromatic heterocycles. The van der Waals surface area contributed by atoms with E-state index < -0.39 is 6.10 Å². The lowest BCUT2D eigenvalue weighted by Crippen LogP contribution is -2.30. The van der Waals surface area contributed by atoms with Crippen molar-refractivity contribution in [1.29, 1.82) is 0 Å². The Morgan fingerprint density at radius 3 is 1.14 bits per heavy atom. The molecule has 0 heterocycles. The van der Waals surface area contributed by atoms with Crippen LogP contribution in [0.4, 0.5) is 0 Å². The predicted molar refractivity (Wildman–Crippen MR) is 242 cm³/mol. The van der Waals surface area contributed by atoms with Gasteiger partial charge in [-0.25, -0.2) is 0 Å². The van der Waals surface area contributed by atoms with Crippen LogP contribution in [0.2, 0.25) is 0 Å². The topological polar surface area (TPSA) is 61.8 Å². The molecule has 0 fully saturated rings. The average Bonchev–Trinajstić information content (AvgIpc) is 3.20. The Labute approximate surface area is 349 Å². The number of hydrogen-bond donors (Lipinski definition) is 0. The SMILES string of the molecule is CCCC/C=C\CCCCCCCC(=O)OCC(COCCCCCCCCCC/C=C\CCCCCCCC)OC(=O)CCCCCCC/C=C\CCCC. The molecule has 1 atom stereocenters. The second-order valence-electron chi connectivity index (χ2n) is 16.4. The Balaban J connectivity index is 4.20. The normalized spacial score (nSPS) is 12.4. The second-order valence-corrected chi connectivity index (χ2v) is 16.4. The van der Waals surface area contributed by atoms with Crippen molar-refractivity contribution in [3.63, 3.8) is 0 Å². The van der Waals surface area contributed by atoms with Crippen molar-refractivity contribution in [1.82, 2.24) is 0 Å². The molecule has 5 heteroatoms. The van der Waals surface area contributed by atoms with Gasteiger partial charge in [-0.15, -0.1) is 0 Å². The molecule has 1 unspecified atom stereocenters. The third-order valence-corrected chi connectivity index (χ3v) is 10.6. The van der Waals surface area contributed by atoms with Gasteiger partial charge in [0.05, 0.1) is 6.61 Å². The number of rotatable bonds is 45. The van der Waals surface area contributed by atoms with Crippen LogP contribution in [0.3, 0.4) is 0 Å². The van der Waals surface area contributed by atoms with Crippen LogP contribution in [0.25, 0.3) is 0 Å². The largest absolute Gasteiger partial charge is 0.462 e. The molecule has 328 valence electrons. The van der Waals surface area contributed by atoms with Crippen molar-refractivity contribution in [3.8, 4) is 0 Å². The first-order chi connectivity index (χ1) is 27.6. The fraction of sp³-hybridized carbons (Fsp3) is 0.843. The zero-order valence-corrected chi connectivity index (χ0v) is 37.7. The lowest BCUT2D eigenvalue weighted by molar-refractivity contribution is -0.163. The van der Waals surface area contributed by atoms with Crippen molar-refractivity contribution >= 4 is 11.9 Å². The Morgan fingerprint density at radius 2 is 0.714 bits per heavy atom. The zero-order chi connectivity index (χ0) is 40.7. The monoisotopic (exact) mass is 787 g/mol. The summed E-state index contributed by atoms with van der Waals surface area (Å²) in [6.07, 6.45) is 55.8. The van der Waals surface area contributed by atoms with E-state index in [1.807, 2.05) is 0 Å². The Bertz CT molecular complexity index is 893. The molecule has 0 amide bonds. The smallest absolute Gasteiger partial charge is 0.306 e. The number of unbranched alkanes of at least 4 members (excludes halogenated alkanes) is 28. The third kappa shape index (κ3) is 44.8. The van der Waals surface area contributed by atoms with Crippen molar-refractivity contribution in [2.75, 3.05) is 19.8 Å². The van der Waals surface area contributed by atoms with Gasteiger partial charge in [0.2, 0.25) is 0 Å². The van der Waals surface area contributed by atoms with E-state index in [2.05, 4.69) is 57.2 Å². The van der Waals surface area contributed by atoms with Crippen molar-refractivity contribution in [2.24, 2.45) is 0 Å². The highest BCUT2D eigenvalue weighted by Crippen LogP contribution is 2.14. The minimum absolute atomic E-state index is 0.0790. The van der Waals surface area contributed by atoms with Crippen LogP contribution in [-0.4, -0.2) is 37.9 Å². The Morgan fingerprint density at radius 1 is 0.375 bits per heavy atom. The molecular weight excluding hydrogens is 693 g/mol. The summed E-state index contributed by atoms with van der Waals surface area (Å²) in [6.45, 7) is 7.75. The number of hydrogen-bond acceptors (Lipinski definition) is 5. The van der Waals surface area contributed by atoms with E-state index in [1.165, 1.54) is 154 Å². The van der Waals surface area contributed by atoms with Crippen LogP contribution >= 0.6 is 0 Å². The number of allylic oxidation sites excluding steroid dienone is 6. The highest BCUT2D eigenvalue weighted by Gasteiger charge is 2.17. The van der Waals surface area contributed by atoms with Crippen molar-refractivity contribution in [3.05, 3.63) is 36.5 Å². The molecule has 0 aliphatic carbocycles. The van der Waals surface area contributed by atoms with E-state index in [-0.39, 0.29) is 25.2 Å². The minimum atomic E-state index is -0.540. The first-order valence-corrected chi connectivity index (χ1v) is 24.5. The van der Waals surface area contributed by atoms with Gasteiger partial charge < -0.3 is 14.2 Å². The quantitative estimate of drug-likeness (QED) is 0.0349. The van der Waals surface area contributed by atoms with Gasteiger partial charge in [-0.3, -0.25) is 9.59 Å². The van der Waals surface area contributed by atoms with Gasteiger partial charge in [0.1, 0.15) is 6.61 Å². The lowest BCUT2D eigenvalue weighted by Gasteiger charge is -2.18. The first kappa shape index (κ1) is 54.1. The van der Waals surface area contributed by atoms with E-state index in [0.717, 1.165) is 64.2 Å². The molecule has 0 aromatic carbocycles. The van der Waals surface area contributed by atoms with Crippen LogP contribution in [0, 0.1) is 0 Å². The molecule has 0 aliphatic rings. The maximum absolute atomic E-state index is 12.7. The summed E-state index contributed by atoms with van der Waals surface area (Å²) < 4.78 is 17.3. The molecule has 0 bridgehead atoms. The molecule has 0 aromatic rings. The van der Waals surface area contributed by atoms with E-state index in [4.69, 9.17) is 14.2 Å². The lowest BCUT2D eigenvalue weighted by atomic mass is 10.1. The Kier molecular flexibility index (Phi) is 45.9. The summed E-state index contributed by atoms with van der Waals surface area (Å²) >= 11 is 0. The fourth-order valence-electron chi connectivity index (χ4n) is 6.88. The van der Waals surface area contributed by atoms with Gasteiger partial charge in [-0.2, -0.15) is 0 Å². The summed E-state index contributed by atoms with van der Waals surface area (Å²) in [4.78, 5) is 25.2. The number of ether oxygens (including phenoxy) is 3. The maximum atomic E-state index is 12.7. The summed E-state index contributed by atoms with van der Waals surface area (Å²) in [5.74, 6) is -0.414. The molecule has 0 aliphatic heterocycles. The van der Waals surface area contributed by atoms with E-state index in [1.54, 1.807) is 0 Å². The molecule has 0 rings (SSSR count). The summed E-state index contributed by atoms with van der Waals surface area (Å²) in [6, 6.07) is 0. The summed E-state index contributed by atoms with van der Waals surface area (Å²) in [5, 5.41) is 0. The van der Waals surface area contributed by atoms with Crippen LogP contribution < -0.4 is 0 Å². The maximum Gasteiger partial charge on any atom is 0.306 e. The van der Waals surface area contributed by atoms with Gasteiger partial charge in [0.15, 0.2) is 6.10 Å².